The lowest BCUT2D eigenvalue weighted by atomic mass is 10.1. The second-order valence-corrected chi connectivity index (χ2v) is 3.42. The summed E-state index contributed by atoms with van der Waals surface area (Å²) in [4.78, 5) is 0. The molecule has 0 aromatic heterocycles. The molecule has 84 valence electrons. The van der Waals surface area contributed by atoms with Gasteiger partial charge in [-0.05, 0) is 26.0 Å². The molecule has 0 bridgehead atoms. The Kier molecular flexibility index (Phi) is 4.03. The van der Waals surface area contributed by atoms with Crippen LogP contribution in [-0.4, -0.2) is 18.1 Å². The van der Waals surface area contributed by atoms with E-state index in [1.165, 1.54) is 0 Å². The number of hydrogen-bond donors (Lipinski definition) is 1. The summed E-state index contributed by atoms with van der Waals surface area (Å²) in [5, 5.41) is 9.43. The van der Waals surface area contributed by atoms with Gasteiger partial charge in [0.05, 0.1) is 6.10 Å². The maximum absolute atomic E-state index is 11.9. The lowest BCUT2D eigenvalue weighted by Crippen LogP contribution is -2.09. The van der Waals surface area contributed by atoms with Gasteiger partial charge >= 0.3 is 0 Å². The molecule has 1 rings (SSSR count). The van der Waals surface area contributed by atoms with E-state index >= 15 is 0 Å². The first-order chi connectivity index (χ1) is 7.00. The first-order valence-electron chi connectivity index (χ1n) is 4.70. The largest absolute Gasteiger partial charge is 0.487 e. The van der Waals surface area contributed by atoms with Gasteiger partial charge in [-0.1, -0.05) is 11.6 Å². The van der Waals surface area contributed by atoms with Crippen LogP contribution in [0.3, 0.4) is 0 Å². The van der Waals surface area contributed by atoms with E-state index in [1.807, 2.05) is 6.92 Å². The Morgan fingerprint density at radius 3 is 2.60 bits per heavy atom. The van der Waals surface area contributed by atoms with Crippen molar-refractivity contribution in [2.45, 2.75) is 26.4 Å². The van der Waals surface area contributed by atoms with E-state index in [0.717, 1.165) is 5.56 Å². The van der Waals surface area contributed by atoms with Crippen LogP contribution in [0.15, 0.2) is 18.2 Å². The Morgan fingerprint density at radius 2 is 2.07 bits per heavy atom. The zero-order valence-corrected chi connectivity index (χ0v) is 8.71. The van der Waals surface area contributed by atoms with Crippen molar-refractivity contribution in [2.24, 2.45) is 0 Å². The maximum atomic E-state index is 11.9. The van der Waals surface area contributed by atoms with Gasteiger partial charge in [0, 0.05) is 5.56 Å². The van der Waals surface area contributed by atoms with Crippen LogP contribution in [0.4, 0.5) is 8.78 Å². The van der Waals surface area contributed by atoms with Crippen LogP contribution in [-0.2, 0) is 0 Å². The third-order valence-corrected chi connectivity index (χ3v) is 1.98. The van der Waals surface area contributed by atoms with Crippen LogP contribution < -0.4 is 4.74 Å². The average molecular weight is 216 g/mol. The number of benzene rings is 1. The summed E-state index contributed by atoms with van der Waals surface area (Å²) in [6, 6.07) is 5.08. The van der Waals surface area contributed by atoms with Gasteiger partial charge in [-0.3, -0.25) is 0 Å². The van der Waals surface area contributed by atoms with Crippen molar-refractivity contribution in [3.63, 3.8) is 0 Å². The molecule has 0 aliphatic carbocycles. The summed E-state index contributed by atoms with van der Waals surface area (Å²) < 4.78 is 28.8. The highest BCUT2D eigenvalue weighted by molar-refractivity contribution is 5.38. The van der Waals surface area contributed by atoms with Crippen LogP contribution in [0.2, 0.25) is 0 Å². The normalized spacial score (nSPS) is 12.9. The summed E-state index contributed by atoms with van der Waals surface area (Å²) in [6.45, 7) is 2.79. The predicted molar refractivity (Wildman–Crippen MR) is 53.3 cm³/mol. The van der Waals surface area contributed by atoms with Crippen molar-refractivity contribution in [3.8, 4) is 5.75 Å². The summed E-state index contributed by atoms with van der Waals surface area (Å²) in [5.41, 5.74) is 1.49. The SMILES string of the molecule is Cc1ccc(OCC(F)F)c([C@@H](C)O)c1. The number of aryl methyl sites for hydroxylation is 1. The molecule has 0 aliphatic heterocycles. The maximum Gasteiger partial charge on any atom is 0.272 e. The molecule has 0 heterocycles. The van der Waals surface area contributed by atoms with E-state index < -0.39 is 19.1 Å². The number of aliphatic hydroxyl groups is 1. The summed E-state index contributed by atoms with van der Waals surface area (Å²) >= 11 is 0. The second-order valence-electron chi connectivity index (χ2n) is 3.42. The number of ether oxygens (including phenoxy) is 1. The van der Waals surface area contributed by atoms with Crippen LogP contribution in [0.5, 0.6) is 5.75 Å². The molecule has 2 nitrogen and oxygen atoms in total. The molecular weight excluding hydrogens is 202 g/mol. The molecule has 0 radical (unpaired) electrons. The Labute approximate surface area is 87.5 Å². The van der Waals surface area contributed by atoms with Gasteiger partial charge in [0.2, 0.25) is 0 Å². The van der Waals surface area contributed by atoms with Gasteiger partial charge in [0.25, 0.3) is 6.43 Å². The van der Waals surface area contributed by atoms with Gasteiger partial charge in [0.15, 0.2) is 0 Å². The van der Waals surface area contributed by atoms with E-state index in [4.69, 9.17) is 4.74 Å². The Hall–Kier alpha value is -1.16. The summed E-state index contributed by atoms with van der Waals surface area (Å²) in [6.07, 6.45) is -3.23. The minimum Gasteiger partial charge on any atom is -0.487 e. The van der Waals surface area contributed by atoms with Gasteiger partial charge < -0.3 is 9.84 Å². The Morgan fingerprint density at radius 1 is 1.40 bits per heavy atom. The zero-order chi connectivity index (χ0) is 11.4. The molecule has 0 unspecified atom stereocenters. The molecule has 0 saturated carbocycles. The van der Waals surface area contributed by atoms with Crippen molar-refractivity contribution in [3.05, 3.63) is 29.3 Å². The van der Waals surface area contributed by atoms with Crippen LogP contribution >= 0.6 is 0 Å². The number of halogens is 2. The monoisotopic (exact) mass is 216 g/mol. The van der Waals surface area contributed by atoms with Gasteiger partial charge in [-0.25, -0.2) is 8.78 Å². The summed E-state index contributed by atoms with van der Waals surface area (Å²) in [5.74, 6) is 0.316. The molecule has 1 aromatic rings. The molecule has 1 atom stereocenters. The van der Waals surface area contributed by atoms with Crippen molar-refractivity contribution < 1.29 is 18.6 Å². The minimum absolute atomic E-state index is 0.316. The molecule has 0 saturated heterocycles. The Bertz CT molecular complexity index is 324. The molecule has 0 amide bonds. The van der Waals surface area contributed by atoms with E-state index in [2.05, 4.69) is 0 Å². The molecule has 0 fully saturated rings. The van der Waals surface area contributed by atoms with Crippen molar-refractivity contribution in [1.82, 2.24) is 0 Å². The molecule has 15 heavy (non-hydrogen) atoms. The van der Waals surface area contributed by atoms with Crippen LogP contribution in [0.1, 0.15) is 24.2 Å². The van der Waals surface area contributed by atoms with E-state index in [9.17, 15) is 13.9 Å². The first-order valence-corrected chi connectivity index (χ1v) is 4.70. The molecule has 1 aromatic carbocycles. The summed E-state index contributed by atoms with van der Waals surface area (Å²) in [7, 11) is 0. The predicted octanol–water partition coefficient (Wildman–Crippen LogP) is 2.69. The third-order valence-electron chi connectivity index (χ3n) is 1.98. The van der Waals surface area contributed by atoms with E-state index in [-0.39, 0.29) is 0 Å². The highest BCUT2D eigenvalue weighted by Crippen LogP contribution is 2.26. The standard InChI is InChI=1S/C11H14F2O2/c1-7-3-4-10(15-6-11(12)13)9(5-7)8(2)14/h3-5,8,11,14H,6H2,1-2H3/t8-/m1/s1. The fourth-order valence-electron chi connectivity index (χ4n) is 1.28. The zero-order valence-electron chi connectivity index (χ0n) is 8.71. The number of alkyl halides is 2. The molecule has 0 aliphatic rings. The average Bonchev–Trinajstić information content (AvgIpc) is 2.15. The van der Waals surface area contributed by atoms with Crippen LogP contribution in [0, 0.1) is 6.92 Å². The Balaban J connectivity index is 2.86. The number of hydrogen-bond acceptors (Lipinski definition) is 2. The van der Waals surface area contributed by atoms with E-state index in [0.29, 0.717) is 11.3 Å². The quantitative estimate of drug-likeness (QED) is 0.838. The third kappa shape index (κ3) is 3.47. The fraction of sp³-hybridized carbons (Fsp3) is 0.455. The van der Waals surface area contributed by atoms with E-state index in [1.54, 1.807) is 25.1 Å². The fourth-order valence-corrected chi connectivity index (χ4v) is 1.28. The molecule has 4 heteroatoms. The van der Waals surface area contributed by atoms with Gasteiger partial charge in [0.1, 0.15) is 12.4 Å². The molecule has 0 spiro atoms. The first kappa shape index (κ1) is 11.9. The van der Waals surface area contributed by atoms with Crippen molar-refractivity contribution in [1.29, 1.82) is 0 Å². The molecular formula is C11H14F2O2. The van der Waals surface area contributed by atoms with Crippen molar-refractivity contribution in [2.75, 3.05) is 6.61 Å². The molecule has 1 N–H and O–H groups in total. The second kappa shape index (κ2) is 5.07. The smallest absolute Gasteiger partial charge is 0.272 e. The van der Waals surface area contributed by atoms with Gasteiger partial charge in [-0.2, -0.15) is 0 Å². The lowest BCUT2D eigenvalue weighted by molar-refractivity contribution is 0.0794. The van der Waals surface area contributed by atoms with Crippen molar-refractivity contribution >= 4 is 0 Å². The lowest BCUT2D eigenvalue weighted by Gasteiger charge is -2.13. The number of rotatable bonds is 4. The topological polar surface area (TPSA) is 29.5 Å². The highest BCUT2D eigenvalue weighted by Gasteiger charge is 2.11. The van der Waals surface area contributed by atoms with Gasteiger partial charge in [-0.15, -0.1) is 0 Å². The minimum atomic E-state index is -2.51. The highest BCUT2D eigenvalue weighted by atomic mass is 19.3. The number of aliphatic hydroxyl groups excluding tert-OH is 1. The van der Waals surface area contributed by atoms with Crippen LogP contribution in [0.25, 0.3) is 0 Å².